The van der Waals surface area contributed by atoms with E-state index in [2.05, 4.69) is 0 Å². The lowest BCUT2D eigenvalue weighted by molar-refractivity contribution is -0.167. The van der Waals surface area contributed by atoms with Gasteiger partial charge in [-0.2, -0.15) is 0 Å². The Labute approximate surface area is 134 Å². The van der Waals surface area contributed by atoms with Crippen LogP contribution in [0.5, 0.6) is 5.75 Å². The smallest absolute Gasteiger partial charge is 0.328 e. The summed E-state index contributed by atoms with van der Waals surface area (Å²) in [4.78, 5) is 24.6. The maximum absolute atomic E-state index is 12.5. The zero-order valence-electron chi connectivity index (χ0n) is 12.2. The zero-order valence-corrected chi connectivity index (χ0v) is 13.8. The number of benzene rings is 1. The molecule has 0 amide bonds. The predicted octanol–water partition coefficient (Wildman–Crippen LogP) is 4.27. The second-order valence-electron chi connectivity index (χ2n) is 4.45. The first-order chi connectivity index (χ1) is 9.92. The van der Waals surface area contributed by atoms with Crippen molar-refractivity contribution in [3.63, 3.8) is 0 Å². The van der Waals surface area contributed by atoms with Gasteiger partial charge < -0.3 is 9.47 Å². The van der Waals surface area contributed by atoms with E-state index in [1.165, 1.54) is 0 Å². The number of rotatable bonds is 6. The van der Waals surface area contributed by atoms with Crippen molar-refractivity contribution in [1.82, 2.24) is 0 Å². The van der Waals surface area contributed by atoms with Crippen LogP contribution in [-0.2, 0) is 14.3 Å². The summed E-state index contributed by atoms with van der Waals surface area (Å²) in [5, 5.41) is 0.418. The van der Waals surface area contributed by atoms with Crippen molar-refractivity contribution in [1.29, 1.82) is 0 Å². The summed E-state index contributed by atoms with van der Waals surface area (Å²) in [6, 6.07) is 4.75. The van der Waals surface area contributed by atoms with Gasteiger partial charge in [0.05, 0.1) is 16.7 Å². The molecule has 0 aliphatic rings. The molecule has 0 N–H and O–H groups in total. The summed E-state index contributed by atoms with van der Waals surface area (Å²) < 4.78 is 10.3. The first kappa shape index (κ1) is 17.8. The van der Waals surface area contributed by atoms with Crippen LogP contribution < -0.4 is 4.74 Å². The predicted molar refractivity (Wildman–Crippen MR) is 81.7 cm³/mol. The van der Waals surface area contributed by atoms with E-state index in [9.17, 15) is 9.59 Å². The number of hydrogen-bond donors (Lipinski definition) is 0. The van der Waals surface area contributed by atoms with Gasteiger partial charge >= 0.3 is 11.9 Å². The second-order valence-corrected chi connectivity index (χ2v) is 5.26. The topological polar surface area (TPSA) is 52.6 Å². The highest BCUT2D eigenvalue weighted by molar-refractivity contribution is 6.37. The monoisotopic (exact) mass is 332 g/mol. The van der Waals surface area contributed by atoms with Gasteiger partial charge in [0.25, 0.3) is 0 Å². The molecular formula is C15H18Cl2O4. The molecular weight excluding hydrogens is 315 g/mol. The number of esters is 2. The van der Waals surface area contributed by atoms with Crippen LogP contribution in [0.2, 0.25) is 10.0 Å². The lowest BCUT2D eigenvalue weighted by Gasteiger charge is -2.26. The van der Waals surface area contributed by atoms with Crippen LogP contribution in [0, 0.1) is 5.41 Å². The molecule has 0 bridgehead atoms. The van der Waals surface area contributed by atoms with Gasteiger partial charge in [-0.1, -0.05) is 43.1 Å². The van der Waals surface area contributed by atoms with Crippen molar-refractivity contribution < 1.29 is 19.1 Å². The van der Waals surface area contributed by atoms with E-state index in [1.807, 2.05) is 0 Å². The first-order valence-electron chi connectivity index (χ1n) is 6.76. The van der Waals surface area contributed by atoms with Gasteiger partial charge in [-0.3, -0.25) is 9.59 Å². The number of halogens is 2. The number of carbonyl (C=O) groups is 2. The number of carbonyl (C=O) groups excluding carboxylic acids is 2. The molecule has 4 nitrogen and oxygen atoms in total. The fourth-order valence-corrected chi connectivity index (χ4v) is 2.42. The van der Waals surface area contributed by atoms with E-state index in [4.69, 9.17) is 32.7 Å². The molecule has 1 aromatic rings. The van der Waals surface area contributed by atoms with Crippen molar-refractivity contribution >= 4 is 35.1 Å². The Morgan fingerprint density at radius 1 is 1.05 bits per heavy atom. The van der Waals surface area contributed by atoms with Gasteiger partial charge in [-0.25, -0.2) is 0 Å². The second kappa shape index (κ2) is 7.66. The van der Waals surface area contributed by atoms with E-state index in [1.54, 1.807) is 39.0 Å². The molecule has 0 atom stereocenters. The van der Waals surface area contributed by atoms with Crippen LogP contribution in [0.15, 0.2) is 18.2 Å². The number of hydrogen-bond acceptors (Lipinski definition) is 4. The van der Waals surface area contributed by atoms with E-state index < -0.39 is 17.4 Å². The van der Waals surface area contributed by atoms with Gasteiger partial charge in [-0.05, 0) is 31.9 Å². The fraction of sp³-hybridized carbons (Fsp3) is 0.467. The van der Waals surface area contributed by atoms with Gasteiger partial charge in [0.1, 0.15) is 0 Å². The molecule has 0 aromatic heterocycles. The van der Waals surface area contributed by atoms with E-state index in [0.29, 0.717) is 0 Å². The molecule has 116 valence electrons. The molecule has 0 aliphatic heterocycles. The number of ether oxygens (including phenoxy) is 2. The summed E-state index contributed by atoms with van der Waals surface area (Å²) in [5.74, 6) is -1.24. The molecule has 0 spiro atoms. The first-order valence-corrected chi connectivity index (χ1v) is 7.52. The lowest BCUT2D eigenvalue weighted by Crippen LogP contribution is -2.42. The van der Waals surface area contributed by atoms with E-state index in [-0.39, 0.29) is 35.2 Å². The summed E-state index contributed by atoms with van der Waals surface area (Å²) >= 11 is 11.9. The molecule has 21 heavy (non-hydrogen) atoms. The highest BCUT2D eigenvalue weighted by Gasteiger charge is 2.46. The minimum Gasteiger partial charge on any atom is -0.465 e. The van der Waals surface area contributed by atoms with Crippen LogP contribution in [0.1, 0.15) is 33.6 Å². The fourth-order valence-electron chi connectivity index (χ4n) is 1.95. The van der Waals surface area contributed by atoms with Crippen molar-refractivity contribution in [2.45, 2.75) is 33.6 Å². The minimum atomic E-state index is -1.35. The maximum atomic E-state index is 12.5. The van der Waals surface area contributed by atoms with E-state index in [0.717, 1.165) is 0 Å². The lowest BCUT2D eigenvalue weighted by atomic mass is 9.82. The molecule has 0 fully saturated rings. The van der Waals surface area contributed by atoms with Gasteiger partial charge in [0, 0.05) is 0 Å². The summed E-state index contributed by atoms with van der Waals surface area (Å²) in [6.45, 7) is 5.34. The van der Waals surface area contributed by atoms with Gasteiger partial charge in [0.15, 0.2) is 11.2 Å². The van der Waals surface area contributed by atoms with Crippen LogP contribution >= 0.6 is 23.2 Å². The van der Waals surface area contributed by atoms with Crippen molar-refractivity contribution in [2.75, 3.05) is 6.61 Å². The standard InChI is InChI=1S/C15H18Cl2O4/c1-4-15(5-2,13(18)20-6-3)14(19)21-12-10(16)8-7-9-11(12)17/h7-9H,4-6H2,1-3H3. The molecule has 0 saturated heterocycles. The molecule has 6 heteroatoms. The van der Waals surface area contributed by atoms with E-state index >= 15 is 0 Å². The van der Waals surface area contributed by atoms with Crippen LogP contribution in [0.4, 0.5) is 0 Å². The van der Waals surface area contributed by atoms with Crippen LogP contribution in [0.3, 0.4) is 0 Å². The molecule has 0 aliphatic carbocycles. The summed E-state index contributed by atoms with van der Waals surface area (Å²) in [5.41, 5.74) is -1.35. The molecule has 1 aromatic carbocycles. The largest absolute Gasteiger partial charge is 0.465 e. The molecule has 0 heterocycles. The molecule has 0 radical (unpaired) electrons. The van der Waals surface area contributed by atoms with Crippen LogP contribution in [0.25, 0.3) is 0 Å². The highest BCUT2D eigenvalue weighted by Crippen LogP contribution is 2.36. The average Bonchev–Trinajstić information content (AvgIpc) is 2.45. The van der Waals surface area contributed by atoms with Crippen molar-refractivity contribution in [3.8, 4) is 5.75 Å². The number of para-hydroxylation sites is 1. The molecule has 1 rings (SSSR count). The Morgan fingerprint density at radius 3 is 2.00 bits per heavy atom. The maximum Gasteiger partial charge on any atom is 0.328 e. The third kappa shape index (κ3) is 3.69. The van der Waals surface area contributed by atoms with Crippen LogP contribution in [-0.4, -0.2) is 18.5 Å². The SMILES string of the molecule is CCOC(=O)C(CC)(CC)C(=O)Oc1c(Cl)cccc1Cl. The van der Waals surface area contributed by atoms with Gasteiger partial charge in [-0.15, -0.1) is 0 Å². The van der Waals surface area contributed by atoms with Crippen molar-refractivity contribution in [2.24, 2.45) is 5.41 Å². The summed E-state index contributed by atoms with van der Waals surface area (Å²) in [7, 11) is 0. The summed E-state index contributed by atoms with van der Waals surface area (Å²) in [6.07, 6.45) is 0.534. The Hall–Kier alpha value is -1.26. The Balaban J connectivity index is 3.11. The highest BCUT2D eigenvalue weighted by atomic mass is 35.5. The quantitative estimate of drug-likeness (QED) is 0.443. The molecule has 0 saturated carbocycles. The molecule has 0 unspecified atom stereocenters. The third-order valence-electron chi connectivity index (χ3n) is 3.38. The van der Waals surface area contributed by atoms with Crippen molar-refractivity contribution in [3.05, 3.63) is 28.2 Å². The zero-order chi connectivity index (χ0) is 16.0. The average molecular weight is 333 g/mol. The Bertz CT molecular complexity index is 504. The van der Waals surface area contributed by atoms with Gasteiger partial charge in [0.2, 0.25) is 0 Å². The Morgan fingerprint density at radius 2 is 1.57 bits per heavy atom. The minimum absolute atomic E-state index is 0.0569. The third-order valence-corrected chi connectivity index (χ3v) is 3.97. The Kier molecular flexibility index (Phi) is 6.49. The normalized spacial score (nSPS) is 11.1.